The van der Waals surface area contributed by atoms with Crippen LogP contribution in [0, 0.1) is 0 Å². The van der Waals surface area contributed by atoms with E-state index in [0.717, 1.165) is 32.7 Å². The Morgan fingerprint density at radius 1 is 1.07 bits per heavy atom. The molecular weight excluding hydrogens is 178 g/mol. The first kappa shape index (κ1) is 10.4. The van der Waals surface area contributed by atoms with E-state index in [9.17, 15) is 0 Å². The minimum absolute atomic E-state index is 0.256. The zero-order valence-corrected chi connectivity index (χ0v) is 9.45. The summed E-state index contributed by atoms with van der Waals surface area (Å²) in [5.41, 5.74) is 0.256. The van der Waals surface area contributed by atoms with Crippen LogP contribution in [-0.4, -0.2) is 49.0 Å². The van der Waals surface area contributed by atoms with Gasteiger partial charge in [0.25, 0.3) is 0 Å². The predicted octanol–water partition coefficient (Wildman–Crippen LogP) is 1.27. The Morgan fingerprint density at radius 3 is 2.36 bits per heavy atom. The highest BCUT2D eigenvalue weighted by Crippen LogP contribution is 2.25. The lowest BCUT2D eigenvalue weighted by molar-refractivity contribution is -0.172. The molecule has 0 radical (unpaired) electrons. The molecule has 2 saturated heterocycles. The summed E-state index contributed by atoms with van der Waals surface area (Å²) < 4.78 is 11.4. The quantitative estimate of drug-likeness (QED) is 0.586. The van der Waals surface area contributed by atoms with Gasteiger partial charge in [0, 0.05) is 18.6 Å². The minimum atomic E-state index is 0.256. The van der Waals surface area contributed by atoms with Crippen molar-refractivity contribution in [2.24, 2.45) is 0 Å². The summed E-state index contributed by atoms with van der Waals surface area (Å²) in [5, 5.41) is 0. The van der Waals surface area contributed by atoms with Crippen molar-refractivity contribution in [1.29, 1.82) is 0 Å². The molecule has 82 valence electrons. The van der Waals surface area contributed by atoms with E-state index >= 15 is 0 Å². The Bertz CT molecular complexity index is 200. The van der Waals surface area contributed by atoms with E-state index in [1.165, 1.54) is 0 Å². The lowest BCUT2D eigenvalue weighted by Gasteiger charge is -2.46. The Balaban J connectivity index is 1.96. The zero-order valence-electron chi connectivity index (χ0n) is 9.45. The van der Waals surface area contributed by atoms with Gasteiger partial charge >= 0.3 is 0 Å². The molecule has 0 saturated carbocycles. The van der Waals surface area contributed by atoms with Crippen molar-refractivity contribution in [2.75, 3.05) is 26.3 Å². The highest BCUT2D eigenvalue weighted by molar-refractivity contribution is 4.89. The van der Waals surface area contributed by atoms with Gasteiger partial charge in [-0.2, -0.15) is 0 Å². The molecule has 0 bridgehead atoms. The molecule has 14 heavy (non-hydrogen) atoms. The van der Waals surface area contributed by atoms with Gasteiger partial charge in [0.1, 0.15) is 0 Å². The molecule has 2 aliphatic rings. The van der Waals surface area contributed by atoms with Crippen LogP contribution >= 0.6 is 0 Å². The Labute approximate surface area is 86.4 Å². The van der Waals surface area contributed by atoms with Crippen LogP contribution in [-0.2, 0) is 9.47 Å². The second-order valence-electron chi connectivity index (χ2n) is 5.22. The number of nitrogens with zero attached hydrogens (tertiary/aromatic N) is 1. The number of hydrogen-bond acceptors (Lipinski definition) is 3. The molecule has 0 amide bonds. The van der Waals surface area contributed by atoms with Crippen LogP contribution in [0.4, 0.5) is 0 Å². The van der Waals surface area contributed by atoms with E-state index in [-0.39, 0.29) is 5.54 Å². The van der Waals surface area contributed by atoms with Gasteiger partial charge in [0.15, 0.2) is 0 Å². The summed E-state index contributed by atoms with van der Waals surface area (Å²) in [7, 11) is 0. The molecule has 3 nitrogen and oxygen atoms in total. The maximum atomic E-state index is 5.74. The smallest absolute Gasteiger partial charge is 0.0964 e. The first-order valence-corrected chi connectivity index (χ1v) is 5.55. The number of ether oxygens (including phenoxy) is 2. The first-order valence-electron chi connectivity index (χ1n) is 5.55. The number of piperidine rings is 1. The highest BCUT2D eigenvalue weighted by atomic mass is 16.6. The van der Waals surface area contributed by atoms with E-state index in [1.54, 1.807) is 0 Å². The molecule has 0 aromatic carbocycles. The topological polar surface area (TPSA) is 21.7 Å². The molecular formula is C11H21NO2. The van der Waals surface area contributed by atoms with Gasteiger partial charge in [-0.1, -0.05) is 0 Å². The van der Waals surface area contributed by atoms with E-state index in [4.69, 9.17) is 9.47 Å². The summed E-state index contributed by atoms with van der Waals surface area (Å²) in [6, 6.07) is 0. The van der Waals surface area contributed by atoms with Crippen molar-refractivity contribution in [3.63, 3.8) is 0 Å². The van der Waals surface area contributed by atoms with Gasteiger partial charge in [-0.05, 0) is 27.2 Å². The molecule has 2 rings (SSSR count). The molecule has 3 heteroatoms. The summed E-state index contributed by atoms with van der Waals surface area (Å²) in [6.45, 7) is 10.5. The first-order chi connectivity index (χ1) is 6.57. The molecule has 2 fully saturated rings. The van der Waals surface area contributed by atoms with Crippen LogP contribution in [0.2, 0.25) is 0 Å². The van der Waals surface area contributed by atoms with Crippen molar-refractivity contribution in [3.05, 3.63) is 0 Å². The number of fused-ring (bicyclic) bond motifs is 1. The van der Waals surface area contributed by atoms with E-state index in [0.29, 0.717) is 12.2 Å². The monoisotopic (exact) mass is 199 g/mol. The lowest BCUT2D eigenvalue weighted by Crippen LogP contribution is -2.56. The number of likely N-dealkylation sites (tertiary alicyclic amines) is 1. The van der Waals surface area contributed by atoms with Gasteiger partial charge in [0.05, 0.1) is 25.4 Å². The fraction of sp³-hybridized carbons (Fsp3) is 1.00. The van der Waals surface area contributed by atoms with E-state index in [1.807, 2.05) is 0 Å². The van der Waals surface area contributed by atoms with Crippen molar-refractivity contribution < 1.29 is 9.47 Å². The third-order valence-corrected chi connectivity index (χ3v) is 3.19. The lowest BCUT2D eigenvalue weighted by atomic mass is 9.97. The molecule has 2 heterocycles. The SMILES string of the molecule is CC(C)(C)N1CCC2OCCOC2C1. The third-order valence-electron chi connectivity index (χ3n) is 3.19. The maximum absolute atomic E-state index is 5.74. The highest BCUT2D eigenvalue weighted by Gasteiger charge is 2.36. The van der Waals surface area contributed by atoms with Gasteiger partial charge in [0.2, 0.25) is 0 Å². The van der Waals surface area contributed by atoms with Crippen LogP contribution in [0.5, 0.6) is 0 Å². The number of hydrogen-bond donors (Lipinski definition) is 0. The molecule has 0 spiro atoms. The molecule has 0 N–H and O–H groups in total. The van der Waals surface area contributed by atoms with Gasteiger partial charge in [-0.25, -0.2) is 0 Å². The molecule has 2 unspecified atom stereocenters. The van der Waals surface area contributed by atoms with Crippen molar-refractivity contribution in [3.8, 4) is 0 Å². The fourth-order valence-corrected chi connectivity index (χ4v) is 2.25. The normalized spacial score (nSPS) is 35.4. The molecule has 0 aromatic heterocycles. The molecule has 2 aliphatic heterocycles. The summed E-state index contributed by atoms with van der Waals surface area (Å²) in [4.78, 5) is 2.49. The Kier molecular flexibility index (Phi) is 2.82. The van der Waals surface area contributed by atoms with Gasteiger partial charge in [-0.15, -0.1) is 0 Å². The Hall–Kier alpha value is -0.120. The number of rotatable bonds is 0. The zero-order chi connectivity index (χ0) is 10.2. The molecule has 0 aliphatic carbocycles. The van der Waals surface area contributed by atoms with Gasteiger partial charge in [-0.3, -0.25) is 4.90 Å². The maximum Gasteiger partial charge on any atom is 0.0964 e. The van der Waals surface area contributed by atoms with Crippen LogP contribution < -0.4 is 0 Å². The largest absolute Gasteiger partial charge is 0.373 e. The minimum Gasteiger partial charge on any atom is -0.373 e. The summed E-state index contributed by atoms with van der Waals surface area (Å²) in [6.07, 6.45) is 1.76. The Morgan fingerprint density at radius 2 is 1.71 bits per heavy atom. The summed E-state index contributed by atoms with van der Waals surface area (Å²) >= 11 is 0. The van der Waals surface area contributed by atoms with Crippen molar-refractivity contribution >= 4 is 0 Å². The van der Waals surface area contributed by atoms with Crippen molar-refractivity contribution in [2.45, 2.75) is 44.9 Å². The van der Waals surface area contributed by atoms with E-state index in [2.05, 4.69) is 25.7 Å². The van der Waals surface area contributed by atoms with E-state index < -0.39 is 0 Å². The standard InChI is InChI=1S/C11H21NO2/c1-11(2,3)12-5-4-9-10(8-12)14-7-6-13-9/h9-10H,4-8H2,1-3H3. The second-order valence-corrected chi connectivity index (χ2v) is 5.22. The van der Waals surface area contributed by atoms with Gasteiger partial charge < -0.3 is 9.47 Å². The summed E-state index contributed by atoms with van der Waals surface area (Å²) in [5.74, 6) is 0. The molecule has 0 aromatic rings. The van der Waals surface area contributed by atoms with Crippen molar-refractivity contribution in [1.82, 2.24) is 4.90 Å². The average Bonchev–Trinajstić information content (AvgIpc) is 2.16. The van der Waals surface area contributed by atoms with Crippen LogP contribution in [0.3, 0.4) is 0 Å². The second kappa shape index (κ2) is 3.80. The average molecular weight is 199 g/mol. The molecule has 2 atom stereocenters. The fourth-order valence-electron chi connectivity index (χ4n) is 2.25. The third kappa shape index (κ3) is 2.10. The van der Waals surface area contributed by atoms with Crippen LogP contribution in [0.25, 0.3) is 0 Å². The predicted molar refractivity (Wildman–Crippen MR) is 55.4 cm³/mol. The van der Waals surface area contributed by atoms with Crippen LogP contribution in [0.15, 0.2) is 0 Å². The van der Waals surface area contributed by atoms with Crippen LogP contribution in [0.1, 0.15) is 27.2 Å².